The van der Waals surface area contributed by atoms with Gasteiger partial charge in [-0.05, 0) is 64.7 Å². The first-order valence-corrected chi connectivity index (χ1v) is 16.5. The van der Waals surface area contributed by atoms with Crippen molar-refractivity contribution in [1.82, 2.24) is 4.57 Å². The molecule has 0 saturated carbocycles. The van der Waals surface area contributed by atoms with E-state index in [1.54, 1.807) is 18.6 Å². The molecule has 1 aliphatic heterocycles. The third kappa shape index (κ3) is 6.06. The number of esters is 1. The maximum atomic E-state index is 14.3. The maximum absolute atomic E-state index is 14.3. The predicted molar refractivity (Wildman–Crippen MR) is 189 cm³/mol. The Labute approximate surface area is 281 Å². The van der Waals surface area contributed by atoms with E-state index in [2.05, 4.69) is 24.3 Å². The SMILES string of the molecule is CCOC(=O)C1=C(c2ccccc2)N=c2s/c(=C\c3cccc(OCc4cccc5ccccc45)c3)c(=O)n2[C@H]1c1ccc(OC)cc1. The number of carbonyl (C=O) groups is 1. The molecule has 48 heavy (non-hydrogen) atoms. The summed E-state index contributed by atoms with van der Waals surface area (Å²) in [6, 6.07) is 38.2. The first kappa shape index (κ1) is 30.9. The van der Waals surface area contributed by atoms with Crippen LogP contribution in [-0.4, -0.2) is 24.3 Å². The third-order valence-corrected chi connectivity index (χ3v) is 9.22. The molecule has 7 nitrogen and oxygen atoms in total. The topological polar surface area (TPSA) is 79.1 Å². The van der Waals surface area contributed by atoms with Crippen LogP contribution in [0.15, 0.2) is 137 Å². The van der Waals surface area contributed by atoms with Crippen molar-refractivity contribution < 1.29 is 19.0 Å². The molecule has 238 valence electrons. The highest BCUT2D eigenvalue weighted by Gasteiger charge is 2.35. The van der Waals surface area contributed by atoms with E-state index in [1.807, 2.05) is 103 Å². The normalized spacial score (nSPS) is 14.4. The summed E-state index contributed by atoms with van der Waals surface area (Å²) in [5, 5.41) is 2.32. The van der Waals surface area contributed by atoms with Crippen molar-refractivity contribution in [3.05, 3.63) is 169 Å². The fourth-order valence-electron chi connectivity index (χ4n) is 5.97. The molecule has 0 saturated heterocycles. The number of carbonyl (C=O) groups excluding carboxylic acids is 1. The molecular formula is C40H32N2O5S. The molecule has 7 rings (SSSR count). The maximum Gasteiger partial charge on any atom is 0.338 e. The largest absolute Gasteiger partial charge is 0.497 e. The minimum Gasteiger partial charge on any atom is -0.497 e. The summed E-state index contributed by atoms with van der Waals surface area (Å²) in [6.07, 6.45) is 1.84. The summed E-state index contributed by atoms with van der Waals surface area (Å²) in [5.74, 6) is 0.835. The smallest absolute Gasteiger partial charge is 0.338 e. The van der Waals surface area contributed by atoms with Gasteiger partial charge in [0.05, 0.1) is 35.6 Å². The van der Waals surface area contributed by atoms with Crippen LogP contribution in [0.5, 0.6) is 11.5 Å². The minimum atomic E-state index is -0.765. The van der Waals surface area contributed by atoms with E-state index in [-0.39, 0.29) is 12.2 Å². The van der Waals surface area contributed by atoms with Crippen LogP contribution in [0.2, 0.25) is 0 Å². The lowest BCUT2D eigenvalue weighted by molar-refractivity contribution is -0.138. The van der Waals surface area contributed by atoms with Gasteiger partial charge in [-0.3, -0.25) is 9.36 Å². The molecule has 0 radical (unpaired) electrons. The van der Waals surface area contributed by atoms with Gasteiger partial charge in [0.1, 0.15) is 18.1 Å². The molecule has 1 atom stereocenters. The van der Waals surface area contributed by atoms with Crippen LogP contribution in [0.3, 0.4) is 0 Å². The van der Waals surface area contributed by atoms with E-state index in [4.69, 9.17) is 19.2 Å². The summed E-state index contributed by atoms with van der Waals surface area (Å²) in [7, 11) is 1.60. The molecule has 0 unspecified atom stereocenters. The van der Waals surface area contributed by atoms with Gasteiger partial charge < -0.3 is 14.2 Å². The number of aromatic nitrogens is 1. The Morgan fingerprint density at radius 1 is 0.875 bits per heavy atom. The number of nitrogens with zero attached hydrogens (tertiary/aromatic N) is 2. The summed E-state index contributed by atoms with van der Waals surface area (Å²) < 4.78 is 19.3. The summed E-state index contributed by atoms with van der Waals surface area (Å²) in [5.41, 5.74) is 3.92. The van der Waals surface area contributed by atoms with E-state index >= 15 is 0 Å². The number of fused-ring (bicyclic) bond motifs is 2. The fourth-order valence-corrected chi connectivity index (χ4v) is 6.97. The number of hydrogen-bond donors (Lipinski definition) is 0. The van der Waals surface area contributed by atoms with E-state index in [0.29, 0.717) is 38.7 Å². The lowest BCUT2D eigenvalue weighted by atomic mass is 9.93. The van der Waals surface area contributed by atoms with E-state index < -0.39 is 12.0 Å². The Balaban J connectivity index is 1.32. The van der Waals surface area contributed by atoms with Gasteiger partial charge in [-0.25, -0.2) is 9.79 Å². The highest BCUT2D eigenvalue weighted by atomic mass is 32.1. The quantitative estimate of drug-likeness (QED) is 0.163. The van der Waals surface area contributed by atoms with Crippen LogP contribution in [0.4, 0.5) is 0 Å². The number of methoxy groups -OCH3 is 1. The zero-order chi connectivity index (χ0) is 33.0. The molecule has 2 heterocycles. The van der Waals surface area contributed by atoms with E-state index in [9.17, 15) is 9.59 Å². The highest BCUT2D eigenvalue weighted by molar-refractivity contribution is 7.07. The lowest BCUT2D eigenvalue weighted by Gasteiger charge is -2.26. The lowest BCUT2D eigenvalue weighted by Crippen LogP contribution is -2.40. The van der Waals surface area contributed by atoms with Gasteiger partial charge in [-0.1, -0.05) is 108 Å². The molecule has 0 amide bonds. The van der Waals surface area contributed by atoms with E-state index in [1.165, 1.54) is 11.3 Å². The van der Waals surface area contributed by atoms with Crippen molar-refractivity contribution in [2.45, 2.75) is 19.6 Å². The molecule has 0 aliphatic carbocycles. The van der Waals surface area contributed by atoms with Crippen LogP contribution in [0.1, 0.15) is 35.2 Å². The number of thiazole rings is 1. The summed E-state index contributed by atoms with van der Waals surface area (Å²) in [4.78, 5) is 33.4. The molecule has 6 aromatic rings. The number of ether oxygens (including phenoxy) is 3. The first-order valence-electron chi connectivity index (χ1n) is 15.7. The Bertz CT molecular complexity index is 2330. The van der Waals surface area contributed by atoms with Gasteiger partial charge in [-0.2, -0.15) is 0 Å². The Hall–Kier alpha value is -5.73. The molecule has 1 aromatic heterocycles. The Morgan fingerprint density at radius 2 is 1.62 bits per heavy atom. The van der Waals surface area contributed by atoms with Crippen LogP contribution in [0.25, 0.3) is 22.5 Å². The molecule has 8 heteroatoms. The van der Waals surface area contributed by atoms with Crippen molar-refractivity contribution in [3.8, 4) is 11.5 Å². The summed E-state index contributed by atoms with van der Waals surface area (Å²) >= 11 is 1.28. The average molecular weight is 653 g/mol. The molecule has 0 bridgehead atoms. The first-order chi connectivity index (χ1) is 23.5. The number of benzene rings is 5. The fraction of sp³-hybridized carbons (Fsp3) is 0.125. The average Bonchev–Trinajstić information content (AvgIpc) is 3.44. The van der Waals surface area contributed by atoms with Gasteiger partial charge >= 0.3 is 5.97 Å². The second-order valence-electron chi connectivity index (χ2n) is 11.2. The van der Waals surface area contributed by atoms with Crippen LogP contribution in [-0.2, 0) is 16.1 Å². The van der Waals surface area contributed by atoms with E-state index in [0.717, 1.165) is 33.0 Å². The van der Waals surface area contributed by atoms with Crippen molar-refractivity contribution >= 4 is 39.9 Å². The number of rotatable bonds is 9. The predicted octanol–water partition coefficient (Wildman–Crippen LogP) is 6.68. The van der Waals surface area contributed by atoms with Crippen molar-refractivity contribution in [3.63, 3.8) is 0 Å². The van der Waals surface area contributed by atoms with Gasteiger partial charge in [0.15, 0.2) is 4.80 Å². The van der Waals surface area contributed by atoms with Crippen molar-refractivity contribution in [2.75, 3.05) is 13.7 Å². The summed E-state index contributed by atoms with van der Waals surface area (Å²) in [6.45, 7) is 2.36. The molecule has 0 fully saturated rings. The second-order valence-corrected chi connectivity index (χ2v) is 12.2. The molecule has 0 N–H and O–H groups in total. The molecule has 1 aliphatic rings. The zero-order valence-electron chi connectivity index (χ0n) is 26.5. The standard InChI is InChI=1S/C40H32N2O5S/c1-3-46-39(44)35-36(28-13-5-4-6-14-28)41-40-42(37(35)29-19-21-31(45-2)22-20-29)38(43)34(48-40)24-26-11-9-17-32(23-26)47-25-30-16-10-15-27-12-7-8-18-33(27)30/h4-24,37H,3,25H2,1-2H3/b34-24-/t37-/m0/s1. The molecule has 0 spiro atoms. The zero-order valence-corrected chi connectivity index (χ0v) is 27.3. The highest BCUT2D eigenvalue weighted by Crippen LogP contribution is 2.35. The monoisotopic (exact) mass is 652 g/mol. The second kappa shape index (κ2) is 13.6. The van der Waals surface area contributed by atoms with Gasteiger partial charge in [0.25, 0.3) is 5.56 Å². The van der Waals surface area contributed by atoms with Gasteiger partial charge in [0, 0.05) is 5.56 Å². The van der Waals surface area contributed by atoms with Gasteiger partial charge in [-0.15, -0.1) is 0 Å². The Morgan fingerprint density at radius 3 is 2.42 bits per heavy atom. The van der Waals surface area contributed by atoms with Crippen LogP contribution >= 0.6 is 11.3 Å². The number of hydrogen-bond acceptors (Lipinski definition) is 7. The minimum absolute atomic E-state index is 0.184. The van der Waals surface area contributed by atoms with Crippen molar-refractivity contribution in [2.24, 2.45) is 4.99 Å². The van der Waals surface area contributed by atoms with Gasteiger partial charge in [0.2, 0.25) is 0 Å². The van der Waals surface area contributed by atoms with Crippen LogP contribution in [0, 0.1) is 0 Å². The Kier molecular flexibility index (Phi) is 8.72. The molecular weight excluding hydrogens is 621 g/mol. The molecule has 5 aromatic carbocycles. The third-order valence-electron chi connectivity index (χ3n) is 8.24. The van der Waals surface area contributed by atoms with Crippen molar-refractivity contribution in [1.29, 1.82) is 0 Å². The van der Waals surface area contributed by atoms with Crippen LogP contribution < -0.4 is 24.4 Å².